The van der Waals surface area contributed by atoms with Crippen molar-refractivity contribution in [1.29, 1.82) is 0 Å². The molecule has 0 bridgehead atoms. The first-order chi connectivity index (χ1) is 10.2. The first-order valence-electron chi connectivity index (χ1n) is 6.10. The maximum Gasteiger partial charge on any atom is 0.280 e. The molecule has 7 nitrogen and oxygen atoms in total. The molecular formula is C12H12F2N6O. The SMILES string of the molecule is COCc1cn2c(Nc3cc[nH]n3)nc(C(F)F)cc2n1. The minimum Gasteiger partial charge on any atom is -0.378 e. The van der Waals surface area contributed by atoms with Crippen LogP contribution in [0.1, 0.15) is 17.8 Å². The molecule has 0 fully saturated rings. The van der Waals surface area contributed by atoms with E-state index in [0.29, 0.717) is 17.2 Å². The van der Waals surface area contributed by atoms with Gasteiger partial charge < -0.3 is 10.1 Å². The molecule has 3 aromatic rings. The van der Waals surface area contributed by atoms with Gasteiger partial charge in [-0.2, -0.15) is 5.10 Å². The number of rotatable bonds is 5. The number of halogens is 2. The van der Waals surface area contributed by atoms with Crippen LogP contribution in [0.15, 0.2) is 24.5 Å². The average Bonchev–Trinajstić information content (AvgIpc) is 3.07. The van der Waals surface area contributed by atoms with Gasteiger partial charge in [0.25, 0.3) is 6.43 Å². The number of imidazole rings is 1. The number of ether oxygens (including phenoxy) is 1. The van der Waals surface area contributed by atoms with Crippen LogP contribution < -0.4 is 5.32 Å². The third-order valence-corrected chi connectivity index (χ3v) is 2.78. The molecule has 0 saturated heterocycles. The Morgan fingerprint density at radius 1 is 1.43 bits per heavy atom. The van der Waals surface area contributed by atoms with Gasteiger partial charge in [-0.15, -0.1) is 0 Å². The second kappa shape index (κ2) is 5.44. The van der Waals surface area contributed by atoms with Crippen LogP contribution in [0.2, 0.25) is 0 Å². The van der Waals surface area contributed by atoms with Crippen LogP contribution in [0.5, 0.6) is 0 Å². The third kappa shape index (κ3) is 2.68. The first kappa shape index (κ1) is 13.4. The molecule has 0 amide bonds. The van der Waals surface area contributed by atoms with Gasteiger partial charge in [0.05, 0.1) is 12.3 Å². The number of anilines is 2. The molecule has 0 radical (unpaired) electrons. The Labute approximate surface area is 118 Å². The Morgan fingerprint density at radius 3 is 2.95 bits per heavy atom. The Morgan fingerprint density at radius 2 is 2.29 bits per heavy atom. The van der Waals surface area contributed by atoms with Crippen LogP contribution in [-0.4, -0.2) is 31.7 Å². The predicted octanol–water partition coefficient (Wildman–Crippen LogP) is 2.28. The summed E-state index contributed by atoms with van der Waals surface area (Å²) in [6.07, 6.45) is 0.605. The summed E-state index contributed by atoms with van der Waals surface area (Å²) in [5.74, 6) is 0.682. The highest BCUT2D eigenvalue weighted by atomic mass is 19.3. The minimum atomic E-state index is -2.68. The third-order valence-electron chi connectivity index (χ3n) is 2.78. The largest absolute Gasteiger partial charge is 0.378 e. The number of H-pyrrole nitrogens is 1. The highest BCUT2D eigenvalue weighted by Crippen LogP contribution is 2.23. The molecule has 0 aromatic carbocycles. The zero-order chi connectivity index (χ0) is 14.8. The van der Waals surface area contributed by atoms with Crippen molar-refractivity contribution >= 4 is 17.4 Å². The molecule has 21 heavy (non-hydrogen) atoms. The number of hydrogen-bond acceptors (Lipinski definition) is 5. The normalized spacial score (nSPS) is 11.4. The van der Waals surface area contributed by atoms with Gasteiger partial charge >= 0.3 is 0 Å². The van der Waals surface area contributed by atoms with Crippen molar-refractivity contribution in [3.8, 4) is 0 Å². The molecule has 3 rings (SSSR count). The van der Waals surface area contributed by atoms with Crippen molar-refractivity contribution in [2.24, 2.45) is 0 Å². The van der Waals surface area contributed by atoms with Crippen molar-refractivity contribution in [3.63, 3.8) is 0 Å². The van der Waals surface area contributed by atoms with Crippen molar-refractivity contribution in [3.05, 3.63) is 35.9 Å². The topological polar surface area (TPSA) is 80.1 Å². The highest BCUT2D eigenvalue weighted by Gasteiger charge is 2.15. The molecule has 0 aliphatic rings. The van der Waals surface area contributed by atoms with Crippen molar-refractivity contribution < 1.29 is 13.5 Å². The number of fused-ring (bicyclic) bond motifs is 1. The van der Waals surface area contributed by atoms with E-state index in [1.165, 1.54) is 13.2 Å². The number of aromatic nitrogens is 5. The molecule has 3 aromatic heterocycles. The van der Waals surface area contributed by atoms with Gasteiger partial charge in [-0.05, 0) is 0 Å². The number of nitrogens with one attached hydrogen (secondary N) is 2. The van der Waals surface area contributed by atoms with E-state index in [1.54, 1.807) is 22.9 Å². The molecule has 9 heteroatoms. The Balaban J connectivity index is 2.09. The number of hydrogen-bond donors (Lipinski definition) is 2. The summed E-state index contributed by atoms with van der Waals surface area (Å²) in [5.41, 5.74) is 0.635. The maximum absolute atomic E-state index is 12.9. The lowest BCUT2D eigenvalue weighted by atomic mass is 10.4. The zero-order valence-corrected chi connectivity index (χ0v) is 11.0. The van der Waals surface area contributed by atoms with E-state index in [9.17, 15) is 8.78 Å². The summed E-state index contributed by atoms with van der Waals surface area (Å²) in [7, 11) is 1.54. The van der Waals surface area contributed by atoms with E-state index < -0.39 is 6.43 Å². The highest BCUT2D eigenvalue weighted by molar-refractivity contribution is 5.54. The zero-order valence-electron chi connectivity index (χ0n) is 11.0. The summed E-state index contributed by atoms with van der Waals surface area (Å²) < 4.78 is 32.4. The van der Waals surface area contributed by atoms with Gasteiger partial charge in [-0.1, -0.05) is 0 Å². The van der Waals surface area contributed by atoms with Crippen molar-refractivity contribution in [2.45, 2.75) is 13.0 Å². The van der Waals surface area contributed by atoms with E-state index in [4.69, 9.17) is 4.74 Å². The van der Waals surface area contributed by atoms with E-state index in [1.807, 2.05) is 0 Å². The lowest BCUT2D eigenvalue weighted by Crippen LogP contribution is -2.04. The van der Waals surface area contributed by atoms with E-state index in [2.05, 4.69) is 25.5 Å². The minimum absolute atomic E-state index is 0.213. The van der Waals surface area contributed by atoms with Crippen molar-refractivity contribution in [2.75, 3.05) is 12.4 Å². The molecule has 0 spiro atoms. The molecule has 0 atom stereocenters. The second-order valence-corrected chi connectivity index (χ2v) is 4.28. The van der Waals surface area contributed by atoms with Gasteiger partial charge in [0.2, 0.25) is 5.95 Å². The number of alkyl halides is 2. The fraction of sp³-hybridized carbons (Fsp3) is 0.250. The smallest absolute Gasteiger partial charge is 0.280 e. The lowest BCUT2D eigenvalue weighted by molar-refractivity contribution is 0.146. The van der Waals surface area contributed by atoms with E-state index >= 15 is 0 Å². The molecule has 3 heterocycles. The molecular weight excluding hydrogens is 282 g/mol. The van der Waals surface area contributed by atoms with Gasteiger partial charge in [0, 0.05) is 31.6 Å². The predicted molar refractivity (Wildman–Crippen MR) is 70.5 cm³/mol. The first-order valence-corrected chi connectivity index (χ1v) is 6.10. The van der Waals surface area contributed by atoms with E-state index in [0.717, 1.165) is 0 Å². The standard InChI is InChI=1S/C12H12F2N6O/c1-21-6-7-5-20-10(16-7)4-8(11(13)14)17-12(20)18-9-2-3-15-19-9/h2-5,11H,6H2,1H3,(H2,15,17,18,19). The average molecular weight is 294 g/mol. The molecule has 0 aliphatic carbocycles. The van der Waals surface area contributed by atoms with Crippen LogP contribution in [0.4, 0.5) is 20.5 Å². The molecule has 0 unspecified atom stereocenters. The summed E-state index contributed by atoms with van der Waals surface area (Å²) in [5, 5.41) is 9.41. The Kier molecular flexibility index (Phi) is 3.48. The Hall–Kier alpha value is -2.55. The summed E-state index contributed by atoms with van der Waals surface area (Å²) in [4.78, 5) is 8.15. The fourth-order valence-corrected chi connectivity index (χ4v) is 1.92. The lowest BCUT2D eigenvalue weighted by Gasteiger charge is -2.07. The fourth-order valence-electron chi connectivity index (χ4n) is 1.92. The van der Waals surface area contributed by atoms with Gasteiger partial charge in [-0.25, -0.2) is 18.7 Å². The second-order valence-electron chi connectivity index (χ2n) is 4.28. The number of aromatic amines is 1. The molecule has 0 saturated carbocycles. The van der Waals surface area contributed by atoms with Gasteiger partial charge in [0.1, 0.15) is 11.3 Å². The number of nitrogens with zero attached hydrogens (tertiary/aromatic N) is 4. The molecule has 110 valence electrons. The van der Waals surface area contributed by atoms with E-state index in [-0.39, 0.29) is 18.2 Å². The van der Waals surface area contributed by atoms with Crippen LogP contribution in [0, 0.1) is 0 Å². The Bertz CT molecular complexity index is 740. The summed E-state index contributed by atoms with van der Waals surface area (Å²) in [6.45, 7) is 0.285. The van der Waals surface area contributed by atoms with Crippen LogP contribution in [0.25, 0.3) is 5.65 Å². The summed E-state index contributed by atoms with van der Waals surface area (Å²) >= 11 is 0. The molecule has 0 aliphatic heterocycles. The van der Waals surface area contributed by atoms with Crippen molar-refractivity contribution in [1.82, 2.24) is 24.6 Å². The maximum atomic E-state index is 12.9. The quantitative estimate of drug-likeness (QED) is 0.754. The number of methoxy groups -OCH3 is 1. The van der Waals surface area contributed by atoms with Gasteiger partial charge in [-0.3, -0.25) is 9.50 Å². The van der Waals surface area contributed by atoms with Crippen LogP contribution in [-0.2, 0) is 11.3 Å². The van der Waals surface area contributed by atoms with Crippen LogP contribution >= 0.6 is 0 Å². The molecule has 2 N–H and O–H groups in total. The van der Waals surface area contributed by atoms with Crippen LogP contribution in [0.3, 0.4) is 0 Å². The summed E-state index contributed by atoms with van der Waals surface area (Å²) in [6, 6.07) is 2.91. The monoisotopic (exact) mass is 294 g/mol. The van der Waals surface area contributed by atoms with Gasteiger partial charge in [0.15, 0.2) is 5.82 Å².